The van der Waals surface area contributed by atoms with Crippen molar-refractivity contribution >= 4 is 5.97 Å². The predicted molar refractivity (Wildman–Crippen MR) is 108 cm³/mol. The van der Waals surface area contributed by atoms with Gasteiger partial charge in [0.15, 0.2) is 0 Å². The molecule has 0 unspecified atom stereocenters. The zero-order valence-corrected chi connectivity index (χ0v) is 15.7. The summed E-state index contributed by atoms with van der Waals surface area (Å²) in [4.78, 5) is 20.1. The second kappa shape index (κ2) is 9.21. The predicted octanol–water partition coefficient (Wildman–Crippen LogP) is 2.87. The number of rotatable bonds is 8. The van der Waals surface area contributed by atoms with Gasteiger partial charge in [0.05, 0.1) is 6.04 Å². The fourth-order valence-corrected chi connectivity index (χ4v) is 3.03. The molecule has 1 heterocycles. The molecule has 0 saturated carbocycles. The van der Waals surface area contributed by atoms with Crippen LogP contribution in [-0.2, 0) is 11.2 Å². The number of hydrogen-bond donors (Lipinski definition) is 3. The third-order valence-corrected chi connectivity index (χ3v) is 4.59. The summed E-state index contributed by atoms with van der Waals surface area (Å²) in [5.41, 5.74) is 8.47. The van der Waals surface area contributed by atoms with Crippen LogP contribution in [0.4, 0.5) is 0 Å². The summed E-state index contributed by atoms with van der Waals surface area (Å²) < 4.78 is 0. The van der Waals surface area contributed by atoms with Crippen molar-refractivity contribution in [3.8, 4) is 0 Å². The van der Waals surface area contributed by atoms with Crippen LogP contribution in [0.2, 0.25) is 0 Å². The van der Waals surface area contributed by atoms with E-state index in [4.69, 9.17) is 10.8 Å². The molecule has 6 heteroatoms. The maximum Gasteiger partial charge on any atom is 0.320 e. The van der Waals surface area contributed by atoms with Crippen LogP contribution < -0.4 is 11.1 Å². The van der Waals surface area contributed by atoms with Crippen molar-refractivity contribution in [3.63, 3.8) is 0 Å². The Bertz CT molecular complexity index is 903. The van der Waals surface area contributed by atoms with Crippen molar-refractivity contribution in [3.05, 3.63) is 95.6 Å². The van der Waals surface area contributed by atoms with Gasteiger partial charge in [0.2, 0.25) is 0 Å². The Balaban J connectivity index is 1.90. The van der Waals surface area contributed by atoms with Gasteiger partial charge >= 0.3 is 5.97 Å². The second-order valence-corrected chi connectivity index (χ2v) is 6.70. The molecule has 6 nitrogen and oxygen atoms in total. The van der Waals surface area contributed by atoms with Crippen LogP contribution in [0.25, 0.3) is 0 Å². The summed E-state index contributed by atoms with van der Waals surface area (Å²) in [6.07, 6.45) is 1.80. The Morgan fingerprint density at radius 2 is 1.64 bits per heavy atom. The molecular weight excluding hydrogens is 352 g/mol. The number of aromatic nitrogens is 2. The van der Waals surface area contributed by atoms with Crippen molar-refractivity contribution in [2.75, 3.05) is 0 Å². The van der Waals surface area contributed by atoms with Crippen molar-refractivity contribution in [2.45, 2.75) is 31.5 Å². The van der Waals surface area contributed by atoms with Crippen LogP contribution >= 0.6 is 0 Å². The maximum absolute atomic E-state index is 11.1. The molecule has 0 amide bonds. The van der Waals surface area contributed by atoms with E-state index in [1.807, 2.05) is 48.5 Å². The van der Waals surface area contributed by atoms with E-state index >= 15 is 0 Å². The molecule has 0 bridgehead atoms. The third-order valence-electron chi connectivity index (χ3n) is 4.59. The van der Waals surface area contributed by atoms with Crippen LogP contribution in [0.1, 0.15) is 41.7 Å². The van der Waals surface area contributed by atoms with E-state index in [0.717, 1.165) is 11.1 Å². The highest BCUT2D eigenvalue weighted by atomic mass is 16.4. The highest BCUT2D eigenvalue weighted by Crippen LogP contribution is 2.24. The van der Waals surface area contributed by atoms with E-state index in [1.165, 1.54) is 0 Å². The Morgan fingerprint density at radius 1 is 1.04 bits per heavy atom. The van der Waals surface area contributed by atoms with Crippen molar-refractivity contribution in [1.82, 2.24) is 15.3 Å². The molecule has 0 fully saturated rings. The second-order valence-electron chi connectivity index (χ2n) is 6.70. The van der Waals surface area contributed by atoms with Crippen LogP contribution in [0.5, 0.6) is 0 Å². The van der Waals surface area contributed by atoms with Gasteiger partial charge in [0.25, 0.3) is 0 Å². The molecule has 0 aliphatic heterocycles. The number of hydrogen-bond acceptors (Lipinski definition) is 5. The zero-order valence-electron chi connectivity index (χ0n) is 15.7. The average Bonchev–Trinajstić information content (AvgIpc) is 2.73. The van der Waals surface area contributed by atoms with Gasteiger partial charge in [0, 0.05) is 24.4 Å². The van der Waals surface area contributed by atoms with E-state index in [2.05, 4.69) is 34.3 Å². The third kappa shape index (κ3) is 5.00. The number of carbonyl (C=O) groups is 1. The van der Waals surface area contributed by atoms with Gasteiger partial charge in [-0.15, -0.1) is 0 Å². The smallest absolute Gasteiger partial charge is 0.320 e. The van der Waals surface area contributed by atoms with Crippen LogP contribution in [0.15, 0.2) is 72.9 Å². The lowest BCUT2D eigenvalue weighted by atomic mass is 10.0. The van der Waals surface area contributed by atoms with Crippen molar-refractivity contribution in [2.24, 2.45) is 5.73 Å². The highest BCUT2D eigenvalue weighted by Gasteiger charge is 2.21. The molecule has 3 aromatic rings. The molecule has 0 radical (unpaired) electrons. The summed E-state index contributed by atoms with van der Waals surface area (Å²) in [6.45, 7) is 2.09. The first-order valence-corrected chi connectivity index (χ1v) is 9.20. The van der Waals surface area contributed by atoms with E-state index in [-0.39, 0.29) is 18.5 Å². The SMILES string of the molecule is C[C@H](N[C@H](c1ccccc1)c1nccc(C[C@H](N)C(=O)O)n1)c1ccccc1. The van der Waals surface area contributed by atoms with Gasteiger partial charge in [-0.05, 0) is 24.1 Å². The molecule has 0 saturated heterocycles. The fourth-order valence-electron chi connectivity index (χ4n) is 3.03. The van der Waals surface area contributed by atoms with Gasteiger partial charge in [-0.1, -0.05) is 60.7 Å². The summed E-state index contributed by atoms with van der Waals surface area (Å²) in [6, 6.07) is 20.6. The number of benzene rings is 2. The number of nitrogens with zero attached hydrogens (tertiary/aromatic N) is 2. The standard InChI is InChI=1S/C22H24N4O2/c1-15(16-8-4-2-5-9-16)25-20(17-10-6-3-7-11-17)21-24-13-12-18(26-21)14-19(23)22(27)28/h2-13,15,19-20,25H,14,23H2,1H3,(H,27,28)/t15-,19-,20+/m0/s1. The number of nitrogens with two attached hydrogens (primary N) is 1. The van der Waals surface area contributed by atoms with Gasteiger partial charge in [-0.2, -0.15) is 0 Å². The van der Waals surface area contributed by atoms with Gasteiger partial charge in [0.1, 0.15) is 11.9 Å². The summed E-state index contributed by atoms with van der Waals surface area (Å²) in [5, 5.41) is 12.7. The lowest BCUT2D eigenvalue weighted by Crippen LogP contribution is -2.33. The van der Waals surface area contributed by atoms with Gasteiger partial charge < -0.3 is 10.8 Å². The Morgan fingerprint density at radius 3 is 2.25 bits per heavy atom. The lowest BCUT2D eigenvalue weighted by Gasteiger charge is -2.23. The average molecular weight is 376 g/mol. The molecule has 1 aromatic heterocycles. The minimum absolute atomic E-state index is 0.0694. The van der Waals surface area contributed by atoms with Gasteiger partial charge in [-0.25, -0.2) is 9.97 Å². The van der Waals surface area contributed by atoms with Gasteiger partial charge in [-0.3, -0.25) is 10.1 Å². The number of aliphatic carboxylic acids is 1. The molecule has 0 aliphatic carbocycles. The molecule has 0 aliphatic rings. The first-order valence-electron chi connectivity index (χ1n) is 9.20. The Hall–Kier alpha value is -3.09. The lowest BCUT2D eigenvalue weighted by molar-refractivity contribution is -0.138. The van der Waals surface area contributed by atoms with E-state index in [9.17, 15) is 4.79 Å². The molecule has 144 valence electrons. The number of carboxylic acid groups (broad SMARTS) is 1. The van der Waals surface area contributed by atoms with Crippen molar-refractivity contribution in [1.29, 1.82) is 0 Å². The molecule has 2 aromatic carbocycles. The van der Waals surface area contributed by atoms with E-state index in [1.54, 1.807) is 12.3 Å². The minimum Gasteiger partial charge on any atom is -0.480 e. The topological polar surface area (TPSA) is 101 Å². The first-order chi connectivity index (χ1) is 13.5. The highest BCUT2D eigenvalue weighted by molar-refractivity contribution is 5.73. The molecule has 3 atom stereocenters. The van der Waals surface area contributed by atoms with Crippen LogP contribution in [0.3, 0.4) is 0 Å². The quantitative estimate of drug-likeness (QED) is 0.559. The number of nitrogens with one attached hydrogen (secondary N) is 1. The van der Waals surface area contributed by atoms with Crippen molar-refractivity contribution < 1.29 is 9.90 Å². The normalized spacial score (nSPS) is 14.2. The number of carboxylic acids is 1. The van der Waals surface area contributed by atoms with Crippen LogP contribution in [-0.4, -0.2) is 27.1 Å². The monoisotopic (exact) mass is 376 g/mol. The zero-order chi connectivity index (χ0) is 19.9. The first kappa shape index (κ1) is 19.7. The molecule has 0 spiro atoms. The minimum atomic E-state index is -1.05. The summed E-state index contributed by atoms with van der Waals surface area (Å²) >= 11 is 0. The molecule has 3 rings (SSSR count). The molecule has 4 N–H and O–H groups in total. The largest absolute Gasteiger partial charge is 0.480 e. The fraction of sp³-hybridized carbons (Fsp3) is 0.227. The maximum atomic E-state index is 11.1. The Kier molecular flexibility index (Phi) is 6.47. The summed E-state index contributed by atoms with van der Waals surface area (Å²) in [7, 11) is 0. The van der Waals surface area contributed by atoms with Crippen LogP contribution in [0, 0.1) is 0 Å². The molecule has 28 heavy (non-hydrogen) atoms. The summed E-state index contributed by atoms with van der Waals surface area (Å²) in [5.74, 6) is -0.459. The Labute approximate surface area is 164 Å². The van der Waals surface area contributed by atoms with E-state index < -0.39 is 12.0 Å². The van der Waals surface area contributed by atoms with E-state index in [0.29, 0.717) is 11.5 Å². The molecular formula is C22H24N4O2.